The summed E-state index contributed by atoms with van der Waals surface area (Å²) < 4.78 is 45.3. The second-order valence-corrected chi connectivity index (χ2v) is 12.3. The predicted molar refractivity (Wildman–Crippen MR) is 166 cm³/mol. The minimum Gasteiger partial charge on any atom is -0.497 e. The SMILES string of the molecule is COc1ccc(NC(=O)N(C)C[C@@H]2Oc3ccc(NS(=O)(=O)c4ccc(OC)cc4)cc3C(=O)N([C@@H](C)CO)C[C@H]2C)cc1. The molecule has 3 N–H and O–H groups in total. The number of methoxy groups -OCH3 is 2. The van der Waals surface area contributed by atoms with Gasteiger partial charge in [-0.25, -0.2) is 13.2 Å². The molecular formula is C31H38N4O8S. The first kappa shape index (κ1) is 32.4. The molecule has 1 aliphatic rings. The van der Waals surface area contributed by atoms with Crippen LogP contribution in [0.4, 0.5) is 16.2 Å². The van der Waals surface area contributed by atoms with Crippen molar-refractivity contribution in [2.24, 2.45) is 5.92 Å². The van der Waals surface area contributed by atoms with Crippen molar-refractivity contribution in [1.82, 2.24) is 9.80 Å². The van der Waals surface area contributed by atoms with Gasteiger partial charge in [0.25, 0.3) is 15.9 Å². The van der Waals surface area contributed by atoms with E-state index in [9.17, 15) is 23.1 Å². The van der Waals surface area contributed by atoms with Crippen molar-refractivity contribution in [2.75, 3.05) is 51.0 Å². The molecule has 13 heteroatoms. The smallest absolute Gasteiger partial charge is 0.321 e. The molecular weight excluding hydrogens is 588 g/mol. The molecule has 0 radical (unpaired) electrons. The fourth-order valence-electron chi connectivity index (χ4n) is 4.72. The van der Waals surface area contributed by atoms with Gasteiger partial charge in [0.1, 0.15) is 23.4 Å². The normalized spacial score (nSPS) is 17.3. The number of likely N-dealkylation sites (N-methyl/N-ethyl adjacent to an activating group) is 1. The van der Waals surface area contributed by atoms with Crippen molar-refractivity contribution in [1.29, 1.82) is 0 Å². The molecule has 0 unspecified atom stereocenters. The van der Waals surface area contributed by atoms with Gasteiger partial charge in [0, 0.05) is 30.9 Å². The molecule has 3 aromatic rings. The molecule has 236 valence electrons. The van der Waals surface area contributed by atoms with Crippen LogP contribution in [0.1, 0.15) is 24.2 Å². The van der Waals surface area contributed by atoms with Crippen LogP contribution < -0.4 is 24.2 Å². The third kappa shape index (κ3) is 7.53. The van der Waals surface area contributed by atoms with E-state index in [1.807, 2.05) is 6.92 Å². The quantitative estimate of drug-likeness (QED) is 0.307. The maximum absolute atomic E-state index is 13.7. The highest BCUT2D eigenvalue weighted by atomic mass is 32.2. The summed E-state index contributed by atoms with van der Waals surface area (Å²) in [6, 6.07) is 16.4. The van der Waals surface area contributed by atoms with E-state index < -0.39 is 28.1 Å². The summed E-state index contributed by atoms with van der Waals surface area (Å²) in [4.78, 5) is 29.8. The van der Waals surface area contributed by atoms with Gasteiger partial charge < -0.3 is 34.4 Å². The lowest BCUT2D eigenvalue weighted by Gasteiger charge is -2.38. The van der Waals surface area contributed by atoms with Crippen LogP contribution in [-0.4, -0.2) is 88.4 Å². The van der Waals surface area contributed by atoms with Crippen molar-refractivity contribution < 1.29 is 37.3 Å². The number of nitrogens with one attached hydrogen (secondary N) is 2. The Hall–Kier alpha value is -4.49. The Labute approximate surface area is 257 Å². The van der Waals surface area contributed by atoms with E-state index in [2.05, 4.69) is 10.0 Å². The van der Waals surface area contributed by atoms with Gasteiger partial charge in [0.2, 0.25) is 0 Å². The van der Waals surface area contributed by atoms with Crippen molar-refractivity contribution >= 4 is 33.3 Å². The Morgan fingerprint density at radius 2 is 1.64 bits per heavy atom. The molecule has 0 aromatic heterocycles. The number of urea groups is 1. The topological polar surface area (TPSA) is 147 Å². The highest BCUT2D eigenvalue weighted by Gasteiger charge is 2.34. The molecule has 44 heavy (non-hydrogen) atoms. The van der Waals surface area contributed by atoms with E-state index in [4.69, 9.17) is 14.2 Å². The summed E-state index contributed by atoms with van der Waals surface area (Å²) in [5, 5.41) is 12.8. The van der Waals surface area contributed by atoms with E-state index in [-0.39, 0.29) is 53.5 Å². The summed E-state index contributed by atoms with van der Waals surface area (Å²) in [6.45, 7) is 3.79. The Bertz CT molecular complexity index is 1560. The molecule has 0 saturated heterocycles. The first-order chi connectivity index (χ1) is 20.9. The zero-order valence-electron chi connectivity index (χ0n) is 25.3. The number of ether oxygens (including phenoxy) is 3. The number of sulfonamides is 1. The summed E-state index contributed by atoms with van der Waals surface area (Å²) in [7, 11) is 0.716. The minimum absolute atomic E-state index is 0.0213. The summed E-state index contributed by atoms with van der Waals surface area (Å²) in [5.74, 6) is 0.768. The highest BCUT2D eigenvalue weighted by Crippen LogP contribution is 2.31. The van der Waals surface area contributed by atoms with E-state index in [1.165, 1.54) is 59.4 Å². The highest BCUT2D eigenvalue weighted by molar-refractivity contribution is 7.92. The molecule has 1 heterocycles. The Morgan fingerprint density at radius 3 is 2.23 bits per heavy atom. The average molecular weight is 627 g/mol. The van der Waals surface area contributed by atoms with Gasteiger partial charge in [0.05, 0.1) is 43.9 Å². The Balaban J connectivity index is 1.59. The average Bonchev–Trinajstić information content (AvgIpc) is 3.02. The van der Waals surface area contributed by atoms with Crippen LogP contribution >= 0.6 is 0 Å². The molecule has 1 aliphatic heterocycles. The number of benzene rings is 3. The molecule has 0 saturated carbocycles. The van der Waals surface area contributed by atoms with Crippen molar-refractivity contribution in [3.63, 3.8) is 0 Å². The predicted octanol–water partition coefficient (Wildman–Crippen LogP) is 3.89. The fourth-order valence-corrected chi connectivity index (χ4v) is 5.77. The Kier molecular flexibility index (Phi) is 10.2. The molecule has 0 spiro atoms. The van der Waals surface area contributed by atoms with E-state index in [0.29, 0.717) is 17.2 Å². The number of rotatable bonds is 10. The maximum Gasteiger partial charge on any atom is 0.321 e. The molecule has 4 rings (SSSR count). The minimum atomic E-state index is -3.98. The monoisotopic (exact) mass is 626 g/mol. The maximum atomic E-state index is 13.7. The summed E-state index contributed by atoms with van der Waals surface area (Å²) in [6.07, 6.45) is -0.538. The number of fused-ring (bicyclic) bond motifs is 1. The number of hydrogen-bond acceptors (Lipinski definition) is 8. The van der Waals surface area contributed by atoms with Crippen molar-refractivity contribution in [3.05, 3.63) is 72.3 Å². The lowest BCUT2D eigenvalue weighted by molar-refractivity contribution is 0.0371. The summed E-state index contributed by atoms with van der Waals surface area (Å²) >= 11 is 0. The summed E-state index contributed by atoms with van der Waals surface area (Å²) in [5.41, 5.74) is 0.884. The van der Waals surface area contributed by atoms with Gasteiger partial charge >= 0.3 is 6.03 Å². The van der Waals surface area contributed by atoms with Crippen LogP contribution in [0.15, 0.2) is 71.6 Å². The van der Waals surface area contributed by atoms with E-state index in [0.717, 1.165) is 0 Å². The number of anilines is 2. The molecule has 0 bridgehead atoms. The molecule has 3 atom stereocenters. The first-order valence-electron chi connectivity index (χ1n) is 14.0. The van der Waals surface area contributed by atoms with E-state index in [1.54, 1.807) is 45.3 Å². The molecule has 0 aliphatic carbocycles. The lowest BCUT2D eigenvalue weighted by atomic mass is 9.99. The van der Waals surface area contributed by atoms with Crippen LogP contribution in [0, 0.1) is 5.92 Å². The van der Waals surface area contributed by atoms with Gasteiger partial charge in [-0.3, -0.25) is 9.52 Å². The number of hydrogen-bond donors (Lipinski definition) is 3. The first-order valence-corrected chi connectivity index (χ1v) is 15.5. The van der Waals surface area contributed by atoms with E-state index >= 15 is 0 Å². The number of carbonyl (C=O) groups is 2. The van der Waals surface area contributed by atoms with Gasteiger partial charge in [-0.2, -0.15) is 0 Å². The number of aliphatic hydroxyl groups excluding tert-OH is 1. The zero-order chi connectivity index (χ0) is 32.0. The van der Waals surface area contributed by atoms with Crippen LogP contribution in [0.2, 0.25) is 0 Å². The van der Waals surface area contributed by atoms with Gasteiger partial charge in [-0.15, -0.1) is 0 Å². The lowest BCUT2D eigenvalue weighted by Crippen LogP contribution is -2.50. The van der Waals surface area contributed by atoms with Crippen LogP contribution in [0.5, 0.6) is 17.2 Å². The second kappa shape index (κ2) is 13.9. The second-order valence-electron chi connectivity index (χ2n) is 10.7. The third-order valence-corrected chi connectivity index (χ3v) is 8.83. The molecule has 3 aromatic carbocycles. The largest absolute Gasteiger partial charge is 0.497 e. The molecule has 3 amide bonds. The number of carbonyl (C=O) groups excluding carboxylic acids is 2. The Morgan fingerprint density at radius 1 is 1.05 bits per heavy atom. The van der Waals surface area contributed by atoms with Crippen molar-refractivity contribution in [2.45, 2.75) is 30.9 Å². The van der Waals surface area contributed by atoms with Gasteiger partial charge in [-0.1, -0.05) is 6.92 Å². The number of nitrogens with zero attached hydrogens (tertiary/aromatic N) is 2. The van der Waals surface area contributed by atoms with Crippen LogP contribution in [0.25, 0.3) is 0 Å². The van der Waals surface area contributed by atoms with Gasteiger partial charge in [0.15, 0.2) is 0 Å². The van der Waals surface area contributed by atoms with Gasteiger partial charge in [-0.05, 0) is 73.7 Å². The number of amides is 3. The van der Waals surface area contributed by atoms with Crippen LogP contribution in [0.3, 0.4) is 0 Å². The number of aliphatic hydroxyl groups is 1. The fraction of sp³-hybridized carbons (Fsp3) is 0.355. The standard InChI is InChI=1S/C31H38N4O8S/c1-20-17-35(21(2)19-36)30(37)27-16-23(33-44(39,40)26-13-11-25(42-5)12-14-26)8-15-28(27)43-29(20)18-34(3)31(38)32-22-6-9-24(41-4)10-7-22/h6-16,20-21,29,33,36H,17-19H2,1-5H3,(H,32,38)/t20-,21+,29+/m1/s1. The molecule has 0 fully saturated rings. The zero-order valence-corrected chi connectivity index (χ0v) is 26.1. The van der Waals surface area contributed by atoms with Crippen LogP contribution in [-0.2, 0) is 10.0 Å². The third-order valence-electron chi connectivity index (χ3n) is 7.43. The van der Waals surface area contributed by atoms with Crippen molar-refractivity contribution in [3.8, 4) is 17.2 Å². The molecule has 12 nitrogen and oxygen atoms in total.